The Labute approximate surface area is 155 Å². The summed E-state index contributed by atoms with van der Waals surface area (Å²) in [5.41, 5.74) is 13.0. The van der Waals surface area contributed by atoms with E-state index >= 15 is 0 Å². The lowest BCUT2D eigenvalue weighted by molar-refractivity contribution is 0.0358. The first-order valence-corrected chi connectivity index (χ1v) is 9.17. The van der Waals surface area contributed by atoms with Crippen LogP contribution in [0.2, 0.25) is 0 Å². The number of anilines is 2. The van der Waals surface area contributed by atoms with Crippen molar-refractivity contribution in [2.45, 2.75) is 19.8 Å². The van der Waals surface area contributed by atoms with Crippen molar-refractivity contribution < 1.29 is 14.3 Å². The van der Waals surface area contributed by atoms with Gasteiger partial charge in [-0.15, -0.1) is 0 Å². The molecule has 0 aromatic heterocycles. The van der Waals surface area contributed by atoms with E-state index in [2.05, 4.69) is 23.2 Å². The fourth-order valence-corrected chi connectivity index (χ4v) is 2.79. The summed E-state index contributed by atoms with van der Waals surface area (Å²) in [6.07, 6.45) is 5.96. The van der Waals surface area contributed by atoms with Crippen molar-refractivity contribution in [3.63, 3.8) is 0 Å². The molecule has 26 heavy (non-hydrogen) atoms. The number of morpholine rings is 1. The molecule has 2 rings (SSSR count). The number of primary amides is 1. The Kier molecular flexibility index (Phi) is 8.24. The number of nitrogen functional groups attached to an aromatic ring is 1. The third-order valence-corrected chi connectivity index (χ3v) is 4.20. The van der Waals surface area contributed by atoms with Gasteiger partial charge in [0, 0.05) is 31.7 Å². The first kappa shape index (κ1) is 20.1. The molecule has 0 spiro atoms. The van der Waals surface area contributed by atoms with Crippen molar-refractivity contribution in [3.8, 4) is 5.75 Å². The maximum absolute atomic E-state index is 11.5. The number of allylic oxidation sites excluding steroid dienone is 1. The van der Waals surface area contributed by atoms with Crippen LogP contribution < -0.4 is 21.5 Å². The van der Waals surface area contributed by atoms with Gasteiger partial charge in [-0.05, 0) is 25.0 Å². The number of nitrogens with one attached hydrogen (secondary N) is 1. The average Bonchev–Trinajstić information content (AvgIpc) is 2.64. The standard InChI is InChI=1S/C19H30N4O3/c1-2-3-4-6-22-18-16(20)13-15(19(21)24)14-17(18)26-10-5-7-23-8-11-25-12-9-23/h3-4,13-14,22H,2,5-12,20H2,1H3,(H2,21,24)/b4-3+. The van der Waals surface area contributed by atoms with Gasteiger partial charge in [-0.1, -0.05) is 19.1 Å². The monoisotopic (exact) mass is 362 g/mol. The van der Waals surface area contributed by atoms with Crippen molar-refractivity contribution in [1.29, 1.82) is 0 Å². The van der Waals surface area contributed by atoms with Crippen LogP contribution >= 0.6 is 0 Å². The van der Waals surface area contributed by atoms with Gasteiger partial charge in [-0.3, -0.25) is 9.69 Å². The summed E-state index contributed by atoms with van der Waals surface area (Å²) >= 11 is 0. The topological polar surface area (TPSA) is 103 Å². The molecular weight excluding hydrogens is 332 g/mol. The molecule has 1 heterocycles. The van der Waals surface area contributed by atoms with Crippen molar-refractivity contribution in [1.82, 2.24) is 4.90 Å². The molecule has 7 nitrogen and oxygen atoms in total. The minimum atomic E-state index is -0.521. The van der Waals surface area contributed by atoms with E-state index in [9.17, 15) is 4.79 Å². The van der Waals surface area contributed by atoms with E-state index < -0.39 is 5.91 Å². The number of amides is 1. The largest absolute Gasteiger partial charge is 0.491 e. The predicted molar refractivity (Wildman–Crippen MR) is 105 cm³/mol. The zero-order chi connectivity index (χ0) is 18.8. The van der Waals surface area contributed by atoms with Crippen molar-refractivity contribution in [2.75, 3.05) is 57.1 Å². The molecule has 1 aliphatic heterocycles. The Bertz CT molecular complexity index is 613. The van der Waals surface area contributed by atoms with Gasteiger partial charge in [-0.2, -0.15) is 0 Å². The summed E-state index contributed by atoms with van der Waals surface area (Å²) in [5, 5.41) is 3.26. The van der Waals surface area contributed by atoms with Crippen LogP contribution in [0.3, 0.4) is 0 Å². The Hall–Kier alpha value is -2.25. The molecule has 1 amide bonds. The summed E-state index contributed by atoms with van der Waals surface area (Å²) < 4.78 is 11.3. The Morgan fingerprint density at radius 3 is 2.81 bits per heavy atom. The number of rotatable bonds is 10. The third kappa shape index (κ3) is 6.24. The number of nitrogens with zero attached hydrogens (tertiary/aromatic N) is 1. The number of carbonyl (C=O) groups is 1. The van der Waals surface area contributed by atoms with Gasteiger partial charge in [-0.25, -0.2) is 0 Å². The zero-order valence-corrected chi connectivity index (χ0v) is 15.5. The normalized spacial score (nSPS) is 15.3. The number of carbonyl (C=O) groups excluding carboxylic acids is 1. The van der Waals surface area contributed by atoms with E-state index in [1.165, 1.54) is 0 Å². The van der Waals surface area contributed by atoms with Crippen LogP contribution in [0.15, 0.2) is 24.3 Å². The second kappa shape index (κ2) is 10.7. The van der Waals surface area contributed by atoms with E-state index in [0.29, 0.717) is 35.8 Å². The Morgan fingerprint density at radius 1 is 1.35 bits per heavy atom. The van der Waals surface area contributed by atoms with E-state index in [1.807, 2.05) is 6.08 Å². The number of hydrogen-bond acceptors (Lipinski definition) is 6. The van der Waals surface area contributed by atoms with Gasteiger partial charge in [0.05, 0.1) is 25.5 Å². The average molecular weight is 362 g/mol. The first-order chi connectivity index (χ1) is 12.6. The molecule has 1 aliphatic rings. The lowest BCUT2D eigenvalue weighted by Gasteiger charge is -2.26. The molecule has 0 atom stereocenters. The second-order valence-corrected chi connectivity index (χ2v) is 6.22. The fraction of sp³-hybridized carbons (Fsp3) is 0.526. The van der Waals surface area contributed by atoms with E-state index in [0.717, 1.165) is 45.7 Å². The third-order valence-electron chi connectivity index (χ3n) is 4.20. The highest BCUT2D eigenvalue weighted by atomic mass is 16.5. The zero-order valence-electron chi connectivity index (χ0n) is 15.5. The minimum Gasteiger partial charge on any atom is -0.491 e. The second-order valence-electron chi connectivity index (χ2n) is 6.22. The Balaban J connectivity index is 1.97. The van der Waals surface area contributed by atoms with Gasteiger partial charge in [0.1, 0.15) is 11.4 Å². The molecule has 0 bridgehead atoms. The quantitative estimate of drug-likeness (QED) is 0.333. The van der Waals surface area contributed by atoms with Crippen molar-refractivity contribution in [3.05, 3.63) is 29.8 Å². The molecule has 0 aliphatic carbocycles. The summed E-state index contributed by atoms with van der Waals surface area (Å²) in [6.45, 7) is 7.71. The first-order valence-electron chi connectivity index (χ1n) is 9.17. The summed E-state index contributed by atoms with van der Waals surface area (Å²) in [4.78, 5) is 13.9. The van der Waals surface area contributed by atoms with Crippen LogP contribution in [-0.4, -0.2) is 56.8 Å². The van der Waals surface area contributed by atoms with Gasteiger partial charge in [0.15, 0.2) is 0 Å². The van der Waals surface area contributed by atoms with Crippen molar-refractivity contribution >= 4 is 17.3 Å². The number of nitrogens with two attached hydrogens (primary N) is 2. The molecule has 1 saturated heterocycles. The number of benzene rings is 1. The summed E-state index contributed by atoms with van der Waals surface area (Å²) in [5.74, 6) is 0.0398. The predicted octanol–water partition coefficient (Wildman–Crippen LogP) is 1.85. The maximum Gasteiger partial charge on any atom is 0.248 e. The lowest BCUT2D eigenvalue weighted by Crippen LogP contribution is -2.37. The lowest BCUT2D eigenvalue weighted by atomic mass is 10.1. The number of ether oxygens (including phenoxy) is 2. The van der Waals surface area contributed by atoms with Gasteiger partial charge < -0.3 is 26.3 Å². The highest BCUT2D eigenvalue weighted by molar-refractivity contribution is 5.96. The molecule has 0 saturated carbocycles. The van der Waals surface area contributed by atoms with Crippen LogP contribution in [-0.2, 0) is 4.74 Å². The smallest absolute Gasteiger partial charge is 0.248 e. The molecule has 7 heteroatoms. The molecular formula is C19H30N4O3. The van der Waals surface area contributed by atoms with Crippen molar-refractivity contribution in [2.24, 2.45) is 5.73 Å². The SMILES string of the molecule is CC/C=C/CNc1c(N)cc(C(N)=O)cc1OCCCN1CCOCC1. The van der Waals surface area contributed by atoms with Crippen LogP contribution in [0.1, 0.15) is 30.1 Å². The van der Waals surface area contributed by atoms with E-state index in [4.69, 9.17) is 20.9 Å². The summed E-state index contributed by atoms with van der Waals surface area (Å²) in [7, 11) is 0. The minimum absolute atomic E-state index is 0.348. The van der Waals surface area contributed by atoms with Crippen LogP contribution in [0.5, 0.6) is 5.75 Å². The molecule has 0 radical (unpaired) electrons. The number of hydrogen-bond donors (Lipinski definition) is 3. The van der Waals surface area contributed by atoms with Gasteiger partial charge >= 0.3 is 0 Å². The fourth-order valence-electron chi connectivity index (χ4n) is 2.79. The highest BCUT2D eigenvalue weighted by Gasteiger charge is 2.14. The molecule has 5 N–H and O–H groups in total. The molecule has 1 aromatic rings. The van der Waals surface area contributed by atoms with Crippen LogP contribution in [0.25, 0.3) is 0 Å². The highest BCUT2D eigenvalue weighted by Crippen LogP contribution is 2.32. The van der Waals surface area contributed by atoms with Crippen LogP contribution in [0.4, 0.5) is 11.4 Å². The summed E-state index contributed by atoms with van der Waals surface area (Å²) in [6, 6.07) is 3.23. The van der Waals surface area contributed by atoms with E-state index in [1.54, 1.807) is 12.1 Å². The molecule has 1 aromatic carbocycles. The molecule has 1 fully saturated rings. The van der Waals surface area contributed by atoms with E-state index in [-0.39, 0.29) is 0 Å². The Morgan fingerprint density at radius 2 is 2.12 bits per heavy atom. The van der Waals surface area contributed by atoms with Gasteiger partial charge in [0.25, 0.3) is 0 Å². The molecule has 0 unspecified atom stereocenters. The molecule has 144 valence electrons. The van der Waals surface area contributed by atoms with Gasteiger partial charge in [0.2, 0.25) is 5.91 Å². The maximum atomic E-state index is 11.5. The van der Waals surface area contributed by atoms with Crippen LogP contribution in [0, 0.1) is 0 Å².